The number of nitrogens with zero attached hydrogens (tertiary/aromatic N) is 5. The van der Waals surface area contributed by atoms with Crippen molar-refractivity contribution < 1.29 is 9.41 Å². The molecular formula is C23H30ClN6O2+. The molecule has 32 heavy (non-hydrogen) atoms. The van der Waals surface area contributed by atoms with Crippen LogP contribution in [0.3, 0.4) is 0 Å². The van der Waals surface area contributed by atoms with Crippen molar-refractivity contribution in [1.82, 2.24) is 10.2 Å². The third-order valence-corrected chi connectivity index (χ3v) is 7.00. The van der Waals surface area contributed by atoms with Crippen molar-refractivity contribution >= 4 is 28.7 Å². The Labute approximate surface area is 193 Å². The fourth-order valence-corrected chi connectivity index (χ4v) is 4.74. The highest BCUT2D eigenvalue weighted by molar-refractivity contribution is 6.33. The van der Waals surface area contributed by atoms with E-state index in [0.717, 1.165) is 25.1 Å². The average molecular weight is 458 g/mol. The quantitative estimate of drug-likeness (QED) is 0.200. The van der Waals surface area contributed by atoms with Crippen LogP contribution in [0.4, 0.5) is 17.1 Å². The lowest BCUT2D eigenvalue weighted by Gasteiger charge is -2.50. The van der Waals surface area contributed by atoms with Gasteiger partial charge in [-0.15, -0.1) is 5.11 Å². The Morgan fingerprint density at radius 1 is 1.06 bits per heavy atom. The monoisotopic (exact) mass is 457 g/mol. The molecule has 3 saturated heterocycles. The van der Waals surface area contributed by atoms with E-state index in [1.807, 2.05) is 18.2 Å². The Hall–Kier alpha value is -2.39. The lowest BCUT2D eigenvalue weighted by atomic mass is 10.1. The van der Waals surface area contributed by atoms with Gasteiger partial charge in [-0.25, -0.2) is 0 Å². The van der Waals surface area contributed by atoms with Crippen molar-refractivity contribution in [2.24, 2.45) is 10.2 Å². The summed E-state index contributed by atoms with van der Waals surface area (Å²) in [5.41, 5.74) is 3.06. The molecule has 3 aliphatic rings. The standard InChI is InChI=1S/C23H30ClN6O2/c1-18-16-20(29(31)32)3-5-22(18)26-27-23-4-2-19(17-21(23)24)6-7-25-8-12-30-13-9-28(10-14-30)11-15-30/h2-5,16-17,25H,6-15H2,1H3/q+1. The molecule has 5 rings (SSSR count). The van der Waals surface area contributed by atoms with E-state index >= 15 is 0 Å². The first kappa shape index (κ1) is 22.8. The van der Waals surface area contributed by atoms with Gasteiger partial charge in [-0.3, -0.25) is 15.0 Å². The molecule has 0 aliphatic carbocycles. The number of azo groups is 1. The first-order valence-electron chi connectivity index (χ1n) is 11.2. The van der Waals surface area contributed by atoms with Crippen molar-refractivity contribution in [3.63, 3.8) is 0 Å². The molecule has 8 nitrogen and oxygen atoms in total. The van der Waals surface area contributed by atoms with Crippen LogP contribution in [0.25, 0.3) is 0 Å². The predicted molar refractivity (Wildman–Crippen MR) is 126 cm³/mol. The van der Waals surface area contributed by atoms with E-state index in [1.54, 1.807) is 13.0 Å². The molecule has 3 aliphatic heterocycles. The van der Waals surface area contributed by atoms with Crippen molar-refractivity contribution in [2.75, 3.05) is 58.9 Å². The van der Waals surface area contributed by atoms with Gasteiger partial charge in [0.15, 0.2) is 0 Å². The number of fused-ring (bicyclic) bond motifs is 3. The Bertz CT molecular complexity index is 990. The number of nitro benzene ring substituents is 1. The van der Waals surface area contributed by atoms with Crippen LogP contribution in [0, 0.1) is 17.0 Å². The van der Waals surface area contributed by atoms with Crippen LogP contribution >= 0.6 is 11.6 Å². The van der Waals surface area contributed by atoms with Crippen molar-refractivity contribution in [1.29, 1.82) is 0 Å². The third-order valence-electron chi connectivity index (χ3n) is 6.69. The SMILES string of the molecule is Cc1cc([N+](=O)[O-])ccc1N=Nc1ccc(CCNCC[N+]23CCN(CC2)CC3)cc1Cl. The zero-order valence-electron chi connectivity index (χ0n) is 18.5. The number of halogens is 1. The molecule has 2 aromatic carbocycles. The number of nitrogens with one attached hydrogen (secondary N) is 1. The summed E-state index contributed by atoms with van der Waals surface area (Å²) < 4.78 is 1.28. The van der Waals surface area contributed by atoms with E-state index in [1.165, 1.54) is 62.4 Å². The van der Waals surface area contributed by atoms with E-state index in [9.17, 15) is 10.1 Å². The summed E-state index contributed by atoms with van der Waals surface area (Å²) in [5, 5.41) is 23.5. The van der Waals surface area contributed by atoms with E-state index in [-0.39, 0.29) is 5.69 Å². The summed E-state index contributed by atoms with van der Waals surface area (Å²) in [7, 11) is 0. The van der Waals surface area contributed by atoms with Crippen molar-refractivity contribution in [3.8, 4) is 0 Å². The Balaban J connectivity index is 1.26. The maximum Gasteiger partial charge on any atom is 0.269 e. The number of benzene rings is 2. The zero-order valence-corrected chi connectivity index (χ0v) is 19.2. The molecule has 0 atom stereocenters. The maximum absolute atomic E-state index is 10.9. The lowest BCUT2D eigenvalue weighted by molar-refractivity contribution is -0.939. The number of aryl methyl sites for hydroxylation is 1. The molecule has 0 radical (unpaired) electrons. The van der Waals surface area contributed by atoms with Crippen LogP contribution in [0.1, 0.15) is 11.1 Å². The minimum absolute atomic E-state index is 0.0418. The first-order valence-corrected chi connectivity index (χ1v) is 11.6. The normalized spacial score (nSPS) is 22.5. The molecule has 0 amide bonds. The molecule has 2 bridgehead atoms. The molecule has 0 saturated carbocycles. The van der Waals surface area contributed by atoms with Gasteiger partial charge in [0.2, 0.25) is 0 Å². The molecule has 170 valence electrons. The number of quaternary nitrogens is 1. The number of nitro groups is 1. The topological polar surface area (TPSA) is 83.1 Å². The van der Waals surface area contributed by atoms with Crippen LogP contribution in [-0.4, -0.2) is 73.2 Å². The van der Waals surface area contributed by atoms with Crippen LogP contribution in [0.5, 0.6) is 0 Å². The maximum atomic E-state index is 10.9. The second-order valence-electron chi connectivity index (χ2n) is 8.79. The van der Waals surface area contributed by atoms with Crippen molar-refractivity contribution in [3.05, 3.63) is 62.7 Å². The number of non-ortho nitro benzene ring substituents is 1. The van der Waals surface area contributed by atoms with Gasteiger partial charge in [0, 0.05) is 38.3 Å². The van der Waals surface area contributed by atoms with Crippen LogP contribution in [0.15, 0.2) is 46.6 Å². The molecule has 3 fully saturated rings. The van der Waals surface area contributed by atoms with Gasteiger partial charge in [-0.2, -0.15) is 5.11 Å². The predicted octanol–water partition coefficient (Wildman–Crippen LogP) is 4.25. The van der Waals surface area contributed by atoms with Gasteiger partial charge in [0.1, 0.15) is 5.69 Å². The van der Waals surface area contributed by atoms with Gasteiger partial charge in [0.05, 0.1) is 41.8 Å². The third kappa shape index (κ3) is 5.50. The summed E-state index contributed by atoms with van der Waals surface area (Å²) in [5.74, 6) is 0. The average Bonchev–Trinajstić information content (AvgIpc) is 2.80. The number of hydrogen-bond acceptors (Lipinski definition) is 6. The second-order valence-corrected chi connectivity index (χ2v) is 9.20. The number of rotatable bonds is 9. The highest BCUT2D eigenvalue weighted by Crippen LogP contribution is 2.30. The molecule has 0 spiro atoms. The van der Waals surface area contributed by atoms with Crippen LogP contribution in [-0.2, 0) is 6.42 Å². The molecular weight excluding hydrogens is 428 g/mol. The fraction of sp³-hybridized carbons (Fsp3) is 0.478. The van der Waals surface area contributed by atoms with Gasteiger partial charge in [-0.1, -0.05) is 17.7 Å². The summed E-state index contributed by atoms with van der Waals surface area (Å²) >= 11 is 6.42. The molecule has 1 N–H and O–H groups in total. The summed E-state index contributed by atoms with van der Waals surface area (Å²) in [4.78, 5) is 13.0. The Kier molecular flexibility index (Phi) is 7.15. The lowest BCUT2D eigenvalue weighted by Crippen LogP contribution is -2.68. The van der Waals surface area contributed by atoms with E-state index in [4.69, 9.17) is 11.6 Å². The number of hydrogen-bond donors (Lipinski definition) is 1. The molecule has 2 aromatic rings. The number of piperazine rings is 3. The second kappa shape index (κ2) is 10.0. The largest absolute Gasteiger partial charge is 0.319 e. The highest BCUT2D eigenvalue weighted by atomic mass is 35.5. The van der Waals surface area contributed by atoms with Crippen LogP contribution < -0.4 is 5.32 Å². The van der Waals surface area contributed by atoms with Crippen LogP contribution in [0.2, 0.25) is 5.02 Å². The minimum atomic E-state index is -0.421. The van der Waals surface area contributed by atoms with Gasteiger partial charge < -0.3 is 9.80 Å². The molecule has 9 heteroatoms. The van der Waals surface area contributed by atoms with Gasteiger partial charge in [-0.05, 0) is 49.2 Å². The summed E-state index contributed by atoms with van der Waals surface area (Å²) in [6.07, 6.45) is 0.909. The van der Waals surface area contributed by atoms with Gasteiger partial charge >= 0.3 is 0 Å². The van der Waals surface area contributed by atoms with E-state index in [2.05, 4.69) is 20.4 Å². The first-order chi connectivity index (χ1) is 15.4. The summed E-state index contributed by atoms with van der Waals surface area (Å²) in [6.45, 7) is 12.6. The Morgan fingerprint density at radius 3 is 2.41 bits per heavy atom. The highest BCUT2D eigenvalue weighted by Gasteiger charge is 2.37. The van der Waals surface area contributed by atoms with E-state index in [0.29, 0.717) is 22.0 Å². The van der Waals surface area contributed by atoms with E-state index < -0.39 is 4.92 Å². The molecule has 0 unspecified atom stereocenters. The smallest absolute Gasteiger partial charge is 0.269 e. The minimum Gasteiger partial charge on any atom is -0.319 e. The fourth-order valence-electron chi connectivity index (χ4n) is 4.50. The van der Waals surface area contributed by atoms with Gasteiger partial charge in [0.25, 0.3) is 5.69 Å². The summed E-state index contributed by atoms with van der Waals surface area (Å²) in [6, 6.07) is 10.3. The van der Waals surface area contributed by atoms with Crippen molar-refractivity contribution in [2.45, 2.75) is 13.3 Å². The Morgan fingerprint density at radius 2 is 1.75 bits per heavy atom. The zero-order chi connectivity index (χ0) is 22.6. The molecule has 3 heterocycles. The molecule has 0 aromatic heterocycles.